The van der Waals surface area contributed by atoms with E-state index in [9.17, 15) is 4.79 Å². The van der Waals surface area contributed by atoms with Gasteiger partial charge in [-0.1, -0.05) is 48.5 Å². The second-order valence-electron chi connectivity index (χ2n) is 6.22. The smallest absolute Gasteiger partial charge is 0.317 e. The van der Waals surface area contributed by atoms with E-state index in [1.165, 1.54) is 5.56 Å². The van der Waals surface area contributed by atoms with Gasteiger partial charge >= 0.3 is 6.03 Å². The molecule has 0 atom stereocenters. The molecule has 132 valence electrons. The van der Waals surface area contributed by atoms with Crippen molar-refractivity contribution in [2.75, 3.05) is 33.3 Å². The summed E-state index contributed by atoms with van der Waals surface area (Å²) in [6.45, 7) is 4.73. The molecule has 0 aliphatic carbocycles. The van der Waals surface area contributed by atoms with Crippen LogP contribution in [0.5, 0.6) is 5.75 Å². The molecule has 0 aromatic heterocycles. The Labute approximate surface area is 149 Å². The van der Waals surface area contributed by atoms with Gasteiger partial charge in [0.25, 0.3) is 0 Å². The number of benzene rings is 2. The molecular formula is C20H25N3O2. The molecule has 0 unspecified atom stereocenters. The predicted molar refractivity (Wildman–Crippen MR) is 98.5 cm³/mol. The lowest BCUT2D eigenvalue weighted by Gasteiger charge is -2.34. The number of rotatable bonds is 5. The molecule has 1 saturated heterocycles. The lowest BCUT2D eigenvalue weighted by molar-refractivity contribution is 0.135. The molecule has 2 aromatic rings. The highest BCUT2D eigenvalue weighted by Gasteiger charge is 2.21. The monoisotopic (exact) mass is 339 g/mol. The first-order valence-electron chi connectivity index (χ1n) is 8.67. The summed E-state index contributed by atoms with van der Waals surface area (Å²) in [7, 11) is 1.65. The summed E-state index contributed by atoms with van der Waals surface area (Å²) in [6.07, 6.45) is 0. The molecule has 3 rings (SSSR count). The Morgan fingerprint density at radius 1 is 1.00 bits per heavy atom. The van der Waals surface area contributed by atoms with Crippen molar-refractivity contribution in [1.82, 2.24) is 15.1 Å². The third-order valence-electron chi connectivity index (χ3n) is 4.53. The van der Waals surface area contributed by atoms with Crippen LogP contribution in [0.4, 0.5) is 4.79 Å². The molecule has 1 aliphatic heterocycles. The number of nitrogens with zero attached hydrogens (tertiary/aromatic N) is 2. The van der Waals surface area contributed by atoms with E-state index in [1.807, 2.05) is 35.2 Å². The molecule has 0 saturated carbocycles. The lowest BCUT2D eigenvalue weighted by Crippen LogP contribution is -2.51. The summed E-state index contributed by atoms with van der Waals surface area (Å²) in [5.41, 5.74) is 2.30. The van der Waals surface area contributed by atoms with Crippen LogP contribution in [-0.2, 0) is 13.1 Å². The zero-order valence-electron chi connectivity index (χ0n) is 14.6. The van der Waals surface area contributed by atoms with Crippen molar-refractivity contribution in [2.24, 2.45) is 0 Å². The molecule has 1 fully saturated rings. The molecule has 0 radical (unpaired) electrons. The van der Waals surface area contributed by atoms with Crippen molar-refractivity contribution in [3.8, 4) is 5.75 Å². The largest absolute Gasteiger partial charge is 0.496 e. The van der Waals surface area contributed by atoms with E-state index in [2.05, 4.69) is 34.5 Å². The van der Waals surface area contributed by atoms with Gasteiger partial charge in [-0.2, -0.15) is 0 Å². The van der Waals surface area contributed by atoms with Gasteiger partial charge in [0.1, 0.15) is 5.75 Å². The summed E-state index contributed by atoms with van der Waals surface area (Å²) >= 11 is 0. The van der Waals surface area contributed by atoms with Crippen LogP contribution in [0.1, 0.15) is 11.1 Å². The van der Waals surface area contributed by atoms with Crippen LogP contribution >= 0.6 is 0 Å². The number of piperazine rings is 1. The Morgan fingerprint density at radius 2 is 1.68 bits per heavy atom. The second kappa shape index (κ2) is 8.53. The molecule has 5 heteroatoms. The Kier molecular flexibility index (Phi) is 5.90. The van der Waals surface area contributed by atoms with E-state index in [4.69, 9.17) is 4.74 Å². The third kappa shape index (κ3) is 4.73. The molecule has 2 aromatic carbocycles. The topological polar surface area (TPSA) is 44.8 Å². The van der Waals surface area contributed by atoms with Gasteiger partial charge in [-0.25, -0.2) is 4.79 Å². The van der Waals surface area contributed by atoms with Crippen LogP contribution in [0.2, 0.25) is 0 Å². The second-order valence-corrected chi connectivity index (χ2v) is 6.22. The first-order chi connectivity index (χ1) is 12.3. The zero-order chi connectivity index (χ0) is 17.5. The molecule has 0 bridgehead atoms. The number of carbonyl (C=O) groups excluding carboxylic acids is 1. The number of urea groups is 1. The number of hydrogen-bond acceptors (Lipinski definition) is 3. The fraction of sp³-hybridized carbons (Fsp3) is 0.350. The summed E-state index contributed by atoms with van der Waals surface area (Å²) in [5, 5.41) is 3.00. The molecule has 5 nitrogen and oxygen atoms in total. The minimum absolute atomic E-state index is 0.00901. The van der Waals surface area contributed by atoms with Crippen molar-refractivity contribution in [2.45, 2.75) is 13.1 Å². The molecule has 1 aliphatic rings. The Bertz CT molecular complexity index is 682. The number of hydrogen-bond donors (Lipinski definition) is 1. The molecule has 2 amide bonds. The van der Waals surface area contributed by atoms with Crippen LogP contribution in [0.15, 0.2) is 54.6 Å². The van der Waals surface area contributed by atoms with Crippen molar-refractivity contribution in [1.29, 1.82) is 0 Å². The van der Waals surface area contributed by atoms with Crippen molar-refractivity contribution >= 4 is 6.03 Å². The van der Waals surface area contributed by atoms with E-state index in [0.29, 0.717) is 6.54 Å². The maximum Gasteiger partial charge on any atom is 0.317 e. The van der Waals surface area contributed by atoms with Gasteiger partial charge in [0, 0.05) is 44.8 Å². The lowest BCUT2D eigenvalue weighted by atomic mass is 10.2. The number of carbonyl (C=O) groups is 1. The van der Waals surface area contributed by atoms with Gasteiger partial charge in [-0.15, -0.1) is 0 Å². The predicted octanol–water partition coefficient (Wildman–Crippen LogP) is 2.72. The van der Waals surface area contributed by atoms with Gasteiger partial charge in [0.05, 0.1) is 7.11 Å². The van der Waals surface area contributed by atoms with Crippen molar-refractivity contribution < 1.29 is 9.53 Å². The fourth-order valence-electron chi connectivity index (χ4n) is 3.08. The van der Waals surface area contributed by atoms with Gasteiger partial charge in [-0.05, 0) is 11.6 Å². The van der Waals surface area contributed by atoms with Crippen LogP contribution in [0.3, 0.4) is 0 Å². The van der Waals surface area contributed by atoms with E-state index < -0.39 is 0 Å². The van der Waals surface area contributed by atoms with E-state index in [-0.39, 0.29) is 6.03 Å². The van der Waals surface area contributed by atoms with Crippen molar-refractivity contribution in [3.63, 3.8) is 0 Å². The van der Waals surface area contributed by atoms with Gasteiger partial charge < -0.3 is 15.0 Å². The number of para-hydroxylation sites is 1. The number of nitrogens with one attached hydrogen (secondary N) is 1. The van der Waals surface area contributed by atoms with Gasteiger partial charge in [-0.3, -0.25) is 4.90 Å². The minimum atomic E-state index is -0.00901. The van der Waals surface area contributed by atoms with E-state index in [0.717, 1.165) is 44.0 Å². The Morgan fingerprint density at radius 3 is 2.40 bits per heavy atom. The maximum atomic E-state index is 12.4. The van der Waals surface area contributed by atoms with Crippen LogP contribution in [-0.4, -0.2) is 49.1 Å². The van der Waals surface area contributed by atoms with Gasteiger partial charge in [0.2, 0.25) is 0 Å². The number of amides is 2. The van der Waals surface area contributed by atoms with Crippen LogP contribution < -0.4 is 10.1 Å². The summed E-state index contributed by atoms with van der Waals surface area (Å²) in [4.78, 5) is 16.7. The maximum absolute atomic E-state index is 12.4. The highest BCUT2D eigenvalue weighted by molar-refractivity contribution is 5.74. The standard InChI is InChI=1S/C20H25N3O2/c1-25-19-10-6-5-9-18(19)15-21-20(24)23-13-11-22(12-14-23)16-17-7-3-2-4-8-17/h2-10H,11-16H2,1H3,(H,21,24). The third-order valence-corrected chi connectivity index (χ3v) is 4.53. The first-order valence-corrected chi connectivity index (χ1v) is 8.67. The van der Waals surface area contributed by atoms with Gasteiger partial charge in [0.15, 0.2) is 0 Å². The van der Waals surface area contributed by atoms with Crippen molar-refractivity contribution in [3.05, 3.63) is 65.7 Å². The SMILES string of the molecule is COc1ccccc1CNC(=O)N1CCN(Cc2ccccc2)CC1. The normalized spacial score (nSPS) is 15.0. The average molecular weight is 339 g/mol. The van der Waals surface area contributed by atoms with Crippen LogP contribution in [0, 0.1) is 0 Å². The summed E-state index contributed by atoms with van der Waals surface area (Å²) in [5.74, 6) is 0.801. The highest BCUT2D eigenvalue weighted by Crippen LogP contribution is 2.17. The van der Waals surface area contributed by atoms with E-state index >= 15 is 0 Å². The summed E-state index contributed by atoms with van der Waals surface area (Å²) in [6, 6.07) is 18.2. The highest BCUT2D eigenvalue weighted by atomic mass is 16.5. The van der Waals surface area contributed by atoms with Crippen LogP contribution in [0.25, 0.3) is 0 Å². The molecule has 25 heavy (non-hydrogen) atoms. The van der Waals surface area contributed by atoms with E-state index in [1.54, 1.807) is 7.11 Å². The molecule has 1 heterocycles. The average Bonchev–Trinajstić information content (AvgIpc) is 2.67. The minimum Gasteiger partial charge on any atom is -0.496 e. The molecular weight excluding hydrogens is 314 g/mol. The summed E-state index contributed by atoms with van der Waals surface area (Å²) < 4.78 is 5.32. The molecule has 0 spiro atoms. The zero-order valence-corrected chi connectivity index (χ0v) is 14.6. The quantitative estimate of drug-likeness (QED) is 0.911. The molecule has 1 N–H and O–H groups in total. The number of methoxy groups -OCH3 is 1. The Hall–Kier alpha value is -2.53. The number of ether oxygens (including phenoxy) is 1. The Balaban J connectivity index is 1.45. The fourth-order valence-corrected chi connectivity index (χ4v) is 3.08. The first kappa shape index (κ1) is 17.3.